The summed E-state index contributed by atoms with van der Waals surface area (Å²) in [5.74, 6) is 2.21. The van der Waals surface area contributed by atoms with Crippen molar-refractivity contribution in [3.8, 4) is 11.1 Å². The summed E-state index contributed by atoms with van der Waals surface area (Å²) in [6.07, 6.45) is 18.8. The van der Waals surface area contributed by atoms with Crippen molar-refractivity contribution < 1.29 is 23.4 Å². The van der Waals surface area contributed by atoms with Gasteiger partial charge in [0.1, 0.15) is 4.21 Å². The van der Waals surface area contributed by atoms with Gasteiger partial charge < -0.3 is 10.2 Å². The van der Waals surface area contributed by atoms with Crippen LogP contribution in [0.3, 0.4) is 0 Å². The number of ketones is 1. The molecular formula is C50H59NO5S2. The van der Waals surface area contributed by atoms with E-state index in [2.05, 4.69) is 44.2 Å². The zero-order valence-electron chi connectivity index (χ0n) is 34.1. The summed E-state index contributed by atoms with van der Waals surface area (Å²) in [5.41, 5.74) is 0.267. The summed E-state index contributed by atoms with van der Waals surface area (Å²) in [6, 6.07) is 21.7. The van der Waals surface area contributed by atoms with E-state index in [1.54, 1.807) is 10.4 Å². The first-order valence-corrected chi connectivity index (χ1v) is 24.6. The number of hydrogen-bond donors (Lipinski definition) is 2. The second kappa shape index (κ2) is 12.8. The van der Waals surface area contributed by atoms with Gasteiger partial charge in [-0.25, -0.2) is 8.42 Å². The molecule has 7 fully saturated rings. The van der Waals surface area contributed by atoms with Crippen molar-refractivity contribution in [1.82, 2.24) is 4.31 Å². The highest BCUT2D eigenvalue weighted by Crippen LogP contribution is 2.78. The second-order valence-electron chi connectivity index (χ2n) is 21.2. The van der Waals surface area contributed by atoms with Crippen molar-refractivity contribution in [2.75, 3.05) is 13.1 Å². The topological polar surface area (TPSA) is 94.9 Å². The number of thiophene rings is 1. The van der Waals surface area contributed by atoms with Gasteiger partial charge in [0.2, 0.25) is 0 Å². The van der Waals surface area contributed by atoms with Crippen molar-refractivity contribution in [1.29, 1.82) is 0 Å². The van der Waals surface area contributed by atoms with Crippen molar-refractivity contribution in [2.24, 2.45) is 56.7 Å². The summed E-state index contributed by atoms with van der Waals surface area (Å²) in [7, 11) is -3.86. The molecule has 13 rings (SSSR count). The van der Waals surface area contributed by atoms with Gasteiger partial charge in [-0.05, 0) is 146 Å². The summed E-state index contributed by atoms with van der Waals surface area (Å²) in [5, 5.41) is 26.6. The van der Waals surface area contributed by atoms with Crippen LogP contribution in [0.4, 0.5) is 0 Å². The second-order valence-corrected chi connectivity index (χ2v) is 24.3. The first-order valence-electron chi connectivity index (χ1n) is 22.3. The van der Waals surface area contributed by atoms with Gasteiger partial charge in [0.15, 0.2) is 5.78 Å². The lowest BCUT2D eigenvalue weighted by Crippen LogP contribution is -2.67. The van der Waals surface area contributed by atoms with Crippen molar-refractivity contribution in [3.05, 3.63) is 101 Å². The van der Waals surface area contributed by atoms with Crippen LogP contribution >= 0.6 is 11.3 Å². The third-order valence-corrected chi connectivity index (χ3v) is 21.6. The Hall–Kier alpha value is -2.88. The minimum atomic E-state index is -3.86. The maximum Gasteiger partial charge on any atom is 0.252 e. The summed E-state index contributed by atoms with van der Waals surface area (Å²) in [6.45, 7) is 5.23. The number of rotatable bonds is 9. The van der Waals surface area contributed by atoms with Crippen LogP contribution in [0.5, 0.6) is 0 Å². The molecule has 0 amide bonds. The minimum absolute atomic E-state index is 0.0296. The average molecular weight is 818 g/mol. The van der Waals surface area contributed by atoms with E-state index < -0.39 is 38.0 Å². The van der Waals surface area contributed by atoms with Crippen LogP contribution in [0.15, 0.2) is 100 Å². The van der Waals surface area contributed by atoms with Crippen molar-refractivity contribution >= 4 is 27.1 Å². The summed E-state index contributed by atoms with van der Waals surface area (Å²) >= 11 is 1.28. The molecule has 0 aliphatic heterocycles. The van der Waals surface area contributed by atoms with Crippen molar-refractivity contribution in [2.45, 2.75) is 113 Å². The molecule has 2 aromatic carbocycles. The predicted molar refractivity (Wildman–Crippen MR) is 228 cm³/mol. The minimum Gasteiger partial charge on any atom is -0.393 e. The average Bonchev–Trinajstić information content (AvgIpc) is 3.84. The van der Waals surface area contributed by atoms with E-state index >= 15 is 4.79 Å². The van der Waals surface area contributed by atoms with Crippen LogP contribution in [0.1, 0.15) is 108 Å². The molecule has 3 aromatic rings. The third kappa shape index (κ3) is 5.17. The monoisotopic (exact) mass is 817 g/mol. The molecule has 58 heavy (non-hydrogen) atoms. The van der Waals surface area contributed by atoms with Crippen molar-refractivity contribution in [3.63, 3.8) is 0 Å². The summed E-state index contributed by atoms with van der Waals surface area (Å²) < 4.78 is 31.9. The van der Waals surface area contributed by atoms with Crippen LogP contribution in [0.25, 0.3) is 11.1 Å². The van der Waals surface area contributed by atoms with Crippen LogP contribution in [-0.4, -0.2) is 53.5 Å². The van der Waals surface area contributed by atoms with E-state index in [1.807, 2.05) is 53.9 Å². The highest BCUT2D eigenvalue weighted by molar-refractivity contribution is 7.91. The van der Waals surface area contributed by atoms with Crippen LogP contribution < -0.4 is 0 Å². The Kier molecular flexibility index (Phi) is 8.42. The van der Waals surface area contributed by atoms with E-state index in [4.69, 9.17) is 0 Å². The van der Waals surface area contributed by atoms with Gasteiger partial charge in [-0.3, -0.25) is 4.79 Å². The standard InChI is InChI=1S/C50H59NO5S2/c1-45-17-14-37(52)29-48(45)20-21-50(40(30-48)44(53)39-12-7-6-11-38(39)36-9-4-3-5-10-36)41(45)15-18-46(2)42(50)16-19-49(46,54)32-51(58(55,56)43-13-8-22-57-43)31-47-26-33-23-34(27-47)25-35(24-33)28-47/h3-13,20-22,30,33-35,37,41-42,52,54H,14-19,23-29,31-32H2,1-2H3/t33?,34?,35?,37?,41-,42-,45-,46+,47?,48+,49-,50-/m1/s1. The molecule has 8 atom stereocenters. The normalized spacial score (nSPS) is 43.2. The van der Waals surface area contributed by atoms with E-state index in [0.29, 0.717) is 46.9 Å². The molecule has 0 saturated heterocycles. The van der Waals surface area contributed by atoms with E-state index in [0.717, 1.165) is 68.1 Å². The van der Waals surface area contributed by atoms with Gasteiger partial charge in [0, 0.05) is 40.5 Å². The van der Waals surface area contributed by atoms with Crippen LogP contribution in [0, 0.1) is 56.7 Å². The fourth-order valence-electron chi connectivity index (χ4n) is 16.2. The van der Waals surface area contributed by atoms with Gasteiger partial charge in [-0.2, -0.15) is 4.31 Å². The highest BCUT2D eigenvalue weighted by atomic mass is 32.2. The molecule has 2 spiro atoms. The lowest BCUT2D eigenvalue weighted by Gasteiger charge is -2.71. The van der Waals surface area contributed by atoms with Crippen LogP contribution in [0.2, 0.25) is 0 Å². The number of aliphatic hydroxyl groups excluding tert-OH is 1. The molecule has 2 N–H and O–H groups in total. The molecule has 0 radical (unpaired) electrons. The fourth-order valence-corrected chi connectivity index (χ4v) is 19.0. The number of benzene rings is 2. The predicted octanol–water partition coefficient (Wildman–Crippen LogP) is 10.1. The molecule has 1 heterocycles. The Morgan fingerprint density at radius 1 is 0.776 bits per heavy atom. The Morgan fingerprint density at radius 3 is 2.14 bits per heavy atom. The third-order valence-electron chi connectivity index (χ3n) is 18.4. The number of allylic oxidation sites excluding steroid dienone is 4. The fraction of sp³-hybridized carbons (Fsp3) is 0.580. The lowest BCUT2D eigenvalue weighted by molar-refractivity contribution is -0.175. The van der Waals surface area contributed by atoms with Crippen LogP contribution in [-0.2, 0) is 10.0 Å². The number of hydrogen-bond acceptors (Lipinski definition) is 6. The molecule has 8 heteroatoms. The first kappa shape index (κ1) is 38.1. The molecule has 6 bridgehead atoms. The lowest BCUT2D eigenvalue weighted by atomic mass is 9.32. The molecule has 1 aromatic heterocycles. The molecule has 306 valence electrons. The molecule has 7 saturated carbocycles. The quantitative estimate of drug-likeness (QED) is 0.166. The number of aliphatic hydroxyl groups is 2. The maximum atomic E-state index is 15.6. The van der Waals surface area contributed by atoms with Gasteiger partial charge in [0.05, 0.1) is 11.7 Å². The number of sulfonamides is 1. The molecular weight excluding hydrogens is 759 g/mol. The summed E-state index contributed by atoms with van der Waals surface area (Å²) in [4.78, 5) is 15.6. The Balaban J connectivity index is 1.01. The van der Waals surface area contributed by atoms with Gasteiger partial charge in [-0.15, -0.1) is 11.3 Å². The number of Topliss-reactive ketones (excluding diaryl/α,β-unsaturated/α-hetero) is 1. The number of carbonyl (C=O) groups excluding carboxylic acids is 1. The Labute approximate surface area is 348 Å². The van der Waals surface area contributed by atoms with Gasteiger partial charge in [-0.1, -0.05) is 92.7 Å². The van der Waals surface area contributed by atoms with Gasteiger partial charge >= 0.3 is 0 Å². The van der Waals surface area contributed by atoms with E-state index in [1.165, 1.54) is 30.6 Å². The van der Waals surface area contributed by atoms with Gasteiger partial charge in [0.25, 0.3) is 10.0 Å². The SMILES string of the molecule is C[C@]12CC[C@H]3[C@]4(C=C[C@@]5(C=C4C(=O)c4ccccc4-c4ccccc4)CC(O)CC[C@]35C)[C@@H]1CC[C@@]2(O)CN(CC12CC3CC(CC(C3)C1)C2)S(=O)(=O)c1cccs1. The molecule has 6 nitrogen and oxygen atoms in total. The largest absolute Gasteiger partial charge is 0.393 e. The zero-order chi connectivity index (χ0) is 39.9. The maximum absolute atomic E-state index is 15.6. The Morgan fingerprint density at radius 2 is 1.43 bits per heavy atom. The van der Waals surface area contributed by atoms with E-state index in [9.17, 15) is 18.6 Å². The smallest absolute Gasteiger partial charge is 0.252 e. The Bertz CT molecular complexity index is 2280. The molecule has 10 aliphatic carbocycles. The number of nitrogens with zero attached hydrogens (tertiary/aromatic N) is 1. The molecule has 10 aliphatic rings. The number of carbonyl (C=O) groups is 1. The molecule has 1 unspecified atom stereocenters. The first-order chi connectivity index (χ1) is 27.7. The zero-order valence-corrected chi connectivity index (χ0v) is 35.7. The van der Waals surface area contributed by atoms with E-state index in [-0.39, 0.29) is 35.0 Å². The number of fused-ring (bicyclic) bond motifs is 1. The highest BCUT2D eigenvalue weighted by Gasteiger charge is 2.75.